The van der Waals surface area contributed by atoms with Crippen LogP contribution in [0, 0.1) is 0 Å². The van der Waals surface area contributed by atoms with Crippen molar-refractivity contribution in [2.75, 3.05) is 13.2 Å². The van der Waals surface area contributed by atoms with Crippen LogP contribution in [0.1, 0.15) is 258 Å². The second kappa shape index (κ2) is 56.1. The molecule has 5 heteroatoms. The van der Waals surface area contributed by atoms with Crippen LogP contribution in [0.3, 0.4) is 0 Å². The largest absolute Gasteiger partial charge is 0.462 e. The molecule has 1 unspecified atom stereocenters. The maximum atomic E-state index is 12.3. The first-order valence-electron chi connectivity index (χ1n) is 27.8. The van der Waals surface area contributed by atoms with Crippen LogP contribution in [0.25, 0.3) is 0 Å². The van der Waals surface area contributed by atoms with Crippen LogP contribution < -0.4 is 0 Å². The Morgan fingerprint density at radius 1 is 0.364 bits per heavy atom. The third kappa shape index (κ3) is 53.4. The van der Waals surface area contributed by atoms with Crippen molar-refractivity contribution in [2.45, 2.75) is 264 Å². The molecular formula is C61H104O5. The average Bonchev–Trinajstić information content (AvgIpc) is 3.32. The van der Waals surface area contributed by atoms with Crippen molar-refractivity contribution in [3.05, 3.63) is 97.2 Å². The van der Waals surface area contributed by atoms with Crippen molar-refractivity contribution in [3.63, 3.8) is 0 Å². The van der Waals surface area contributed by atoms with E-state index in [1.165, 1.54) is 148 Å². The minimum atomic E-state index is -0.783. The molecular weight excluding hydrogens is 813 g/mol. The van der Waals surface area contributed by atoms with E-state index < -0.39 is 6.10 Å². The third-order valence-electron chi connectivity index (χ3n) is 11.9. The lowest BCUT2D eigenvalue weighted by atomic mass is 10.0. The van der Waals surface area contributed by atoms with Gasteiger partial charge >= 0.3 is 11.9 Å². The van der Waals surface area contributed by atoms with Crippen LogP contribution >= 0.6 is 0 Å². The van der Waals surface area contributed by atoms with Crippen LogP contribution in [0.15, 0.2) is 97.2 Å². The van der Waals surface area contributed by atoms with Gasteiger partial charge in [-0.25, -0.2) is 0 Å². The summed E-state index contributed by atoms with van der Waals surface area (Å²) < 4.78 is 10.7. The summed E-state index contributed by atoms with van der Waals surface area (Å²) in [6, 6.07) is 0. The highest BCUT2D eigenvalue weighted by Crippen LogP contribution is 2.15. The minimum Gasteiger partial charge on any atom is -0.462 e. The second-order valence-corrected chi connectivity index (χ2v) is 18.3. The van der Waals surface area contributed by atoms with E-state index in [0.29, 0.717) is 12.8 Å². The maximum Gasteiger partial charge on any atom is 0.306 e. The van der Waals surface area contributed by atoms with E-state index in [4.69, 9.17) is 9.47 Å². The van der Waals surface area contributed by atoms with E-state index >= 15 is 0 Å². The Balaban J connectivity index is 3.53. The van der Waals surface area contributed by atoms with Gasteiger partial charge in [-0.2, -0.15) is 0 Å². The molecule has 0 aromatic rings. The molecule has 0 bridgehead atoms. The summed E-state index contributed by atoms with van der Waals surface area (Å²) >= 11 is 0. The number of esters is 2. The first-order valence-corrected chi connectivity index (χ1v) is 27.8. The Morgan fingerprint density at radius 2 is 0.652 bits per heavy atom. The Labute approximate surface area is 408 Å². The Morgan fingerprint density at radius 3 is 0.985 bits per heavy atom. The van der Waals surface area contributed by atoms with Crippen molar-refractivity contribution >= 4 is 11.9 Å². The van der Waals surface area contributed by atoms with Gasteiger partial charge in [-0.3, -0.25) is 9.59 Å². The van der Waals surface area contributed by atoms with E-state index in [2.05, 4.69) is 111 Å². The first kappa shape index (κ1) is 62.8. The zero-order valence-corrected chi connectivity index (χ0v) is 43.2. The van der Waals surface area contributed by atoms with Gasteiger partial charge in [0.2, 0.25) is 0 Å². The fourth-order valence-corrected chi connectivity index (χ4v) is 7.71. The number of aliphatic hydroxyl groups is 1. The Bertz CT molecular complexity index is 1270. The topological polar surface area (TPSA) is 72.8 Å². The van der Waals surface area contributed by atoms with Gasteiger partial charge in [0, 0.05) is 12.8 Å². The molecule has 66 heavy (non-hydrogen) atoms. The van der Waals surface area contributed by atoms with Gasteiger partial charge in [-0.1, -0.05) is 246 Å². The molecule has 0 aliphatic carbocycles. The van der Waals surface area contributed by atoms with E-state index in [9.17, 15) is 14.7 Å². The first-order chi connectivity index (χ1) is 32.6. The van der Waals surface area contributed by atoms with E-state index in [1.807, 2.05) is 0 Å². The summed E-state index contributed by atoms with van der Waals surface area (Å²) in [5, 5.41) is 9.65. The normalized spacial score (nSPS) is 13.0. The van der Waals surface area contributed by atoms with E-state index in [1.54, 1.807) is 0 Å². The fourth-order valence-electron chi connectivity index (χ4n) is 7.71. The molecule has 0 aliphatic heterocycles. The zero-order valence-electron chi connectivity index (χ0n) is 43.2. The average molecular weight is 917 g/mol. The maximum absolute atomic E-state index is 12.3. The van der Waals surface area contributed by atoms with Gasteiger partial charge in [0.1, 0.15) is 6.61 Å². The molecule has 0 radical (unpaired) electrons. The number of aliphatic hydroxyl groups excluding tert-OH is 1. The lowest BCUT2D eigenvalue weighted by Gasteiger charge is -2.15. The minimum absolute atomic E-state index is 0.0733. The number of carbonyl (C=O) groups is 2. The summed E-state index contributed by atoms with van der Waals surface area (Å²) in [4.78, 5) is 24.5. The van der Waals surface area contributed by atoms with Crippen molar-refractivity contribution in [1.29, 1.82) is 0 Å². The summed E-state index contributed by atoms with van der Waals surface area (Å²) in [6.45, 7) is 4.02. The molecule has 5 nitrogen and oxygen atoms in total. The number of rotatable bonds is 50. The molecule has 1 N–H and O–H groups in total. The van der Waals surface area contributed by atoms with Gasteiger partial charge < -0.3 is 14.6 Å². The highest BCUT2D eigenvalue weighted by atomic mass is 16.6. The van der Waals surface area contributed by atoms with Crippen LogP contribution in [0.5, 0.6) is 0 Å². The lowest BCUT2D eigenvalue weighted by Crippen LogP contribution is -2.28. The number of carbonyl (C=O) groups excluding carboxylic acids is 2. The van der Waals surface area contributed by atoms with Gasteiger partial charge in [-0.15, -0.1) is 0 Å². The summed E-state index contributed by atoms with van der Waals surface area (Å²) in [7, 11) is 0. The van der Waals surface area contributed by atoms with Crippen LogP contribution in [0.2, 0.25) is 0 Å². The van der Waals surface area contributed by atoms with Gasteiger partial charge in [0.25, 0.3) is 0 Å². The number of hydrogen-bond donors (Lipinski definition) is 1. The molecule has 0 saturated heterocycles. The Hall–Kier alpha value is -3.18. The molecule has 0 aromatic carbocycles. The predicted octanol–water partition coefficient (Wildman–Crippen LogP) is 18.7. The lowest BCUT2D eigenvalue weighted by molar-refractivity contribution is -0.161. The quantitative estimate of drug-likeness (QED) is 0.0374. The summed E-state index contributed by atoms with van der Waals surface area (Å²) in [5.41, 5.74) is 0. The van der Waals surface area contributed by atoms with Gasteiger partial charge in [0.05, 0.1) is 6.61 Å². The fraction of sp³-hybridized carbons (Fsp3) is 0.705. The van der Waals surface area contributed by atoms with Gasteiger partial charge in [-0.05, 0) is 96.3 Å². The number of unbranched alkanes of at least 4 members (excludes halogenated alkanes) is 26. The summed E-state index contributed by atoms with van der Waals surface area (Å²) in [5.74, 6) is -0.599. The van der Waals surface area contributed by atoms with Crippen molar-refractivity contribution in [3.8, 4) is 0 Å². The standard InChI is InChI=1S/C61H104O5/c1-3-5-7-9-11-13-15-17-19-21-23-25-27-29-30-32-33-35-37-39-41-43-45-47-49-51-53-55-60(63)65-58-59(57-62)66-61(64)56-54-52-50-48-46-44-42-40-38-36-34-31-28-26-24-22-20-18-16-14-12-10-8-6-4-2/h6,8,12,14-15,17-18,20-21,23-24,26-27,29,31,34,59,62H,3-5,7,9-11,13,16,19,22,25,28,30,32-33,35-58H2,1-2H3/b8-6-,14-12-,17-15-,20-18-,23-21-,26-24-,29-27-,34-31-. The molecule has 378 valence electrons. The van der Waals surface area contributed by atoms with Crippen LogP contribution in [0.4, 0.5) is 0 Å². The van der Waals surface area contributed by atoms with Crippen LogP contribution in [-0.4, -0.2) is 36.4 Å². The van der Waals surface area contributed by atoms with Crippen molar-refractivity contribution < 1.29 is 24.2 Å². The Kier molecular flexibility index (Phi) is 53.4. The molecule has 0 aromatic heterocycles. The summed E-state index contributed by atoms with van der Waals surface area (Å²) in [6.07, 6.45) is 79.4. The van der Waals surface area contributed by atoms with E-state index in [-0.39, 0.29) is 25.2 Å². The zero-order chi connectivity index (χ0) is 47.7. The van der Waals surface area contributed by atoms with Gasteiger partial charge in [0.15, 0.2) is 6.10 Å². The molecule has 0 fully saturated rings. The molecule has 0 aliphatic rings. The number of allylic oxidation sites excluding steroid dienone is 16. The smallest absolute Gasteiger partial charge is 0.306 e. The SMILES string of the molecule is CC/C=C\C/C=C\C/C=C\C/C=C\C/C=C\CCCCCCCCCCCC(=O)OC(CO)COC(=O)CCCCCCCCCCCCCC/C=C\C/C=C\C/C=C\CCCCCCC. The number of ether oxygens (including phenoxy) is 2. The van der Waals surface area contributed by atoms with Crippen molar-refractivity contribution in [2.24, 2.45) is 0 Å². The molecule has 0 rings (SSSR count). The molecule has 0 saturated carbocycles. The highest BCUT2D eigenvalue weighted by Gasteiger charge is 2.16. The third-order valence-corrected chi connectivity index (χ3v) is 11.9. The highest BCUT2D eigenvalue weighted by molar-refractivity contribution is 5.70. The molecule has 0 amide bonds. The molecule has 1 atom stereocenters. The van der Waals surface area contributed by atoms with Crippen LogP contribution in [-0.2, 0) is 19.1 Å². The second-order valence-electron chi connectivity index (χ2n) is 18.3. The molecule has 0 heterocycles. The number of hydrogen-bond acceptors (Lipinski definition) is 5. The van der Waals surface area contributed by atoms with Crippen molar-refractivity contribution in [1.82, 2.24) is 0 Å². The molecule has 0 spiro atoms. The monoisotopic (exact) mass is 917 g/mol. The van der Waals surface area contributed by atoms with E-state index in [0.717, 1.165) is 83.5 Å². The predicted molar refractivity (Wildman–Crippen MR) is 288 cm³/mol.